The molecule has 0 amide bonds. The van der Waals surface area contributed by atoms with Crippen molar-refractivity contribution < 1.29 is 65.4 Å². The molecule has 0 radical (unpaired) electrons. The van der Waals surface area contributed by atoms with Gasteiger partial charge in [-0.25, -0.2) is 0 Å². The first kappa shape index (κ1) is 108. The predicted octanol–water partition coefficient (Wildman–Crippen LogP) is 22.6. The molecular weight excluding hydrogens is 1780 g/mol. The van der Waals surface area contributed by atoms with E-state index >= 15 is 0 Å². The van der Waals surface area contributed by atoms with E-state index in [9.17, 15) is 27.6 Å². The van der Waals surface area contributed by atoms with Gasteiger partial charge in [0.1, 0.15) is 17.7 Å². The second-order valence-electron chi connectivity index (χ2n) is 34.9. The molecule has 5 saturated heterocycles. The monoisotopic (exact) mass is 1910 g/mol. The first-order chi connectivity index (χ1) is 58.0. The zero-order valence-electron chi connectivity index (χ0n) is 72.7. The normalized spacial score (nSPS) is 26.2. The number of hydrogen-bond acceptors (Lipinski definition) is 16. The molecule has 0 N–H and O–H groups in total. The van der Waals surface area contributed by atoms with E-state index in [1.54, 1.807) is 12.1 Å². The van der Waals surface area contributed by atoms with Crippen LogP contribution in [0.2, 0.25) is 20.1 Å². The van der Waals surface area contributed by atoms with Crippen molar-refractivity contribution in [3.8, 4) is 0 Å². The van der Waals surface area contributed by atoms with Crippen LogP contribution < -0.4 is 0 Å². The van der Waals surface area contributed by atoms with Crippen LogP contribution in [0.15, 0.2) is 103 Å². The summed E-state index contributed by atoms with van der Waals surface area (Å²) < 4.78 is 86.7. The topological polar surface area (TPSA) is 141 Å². The highest BCUT2D eigenvalue weighted by molar-refractivity contribution is 6.36. The maximum atomic E-state index is 13.1. The van der Waals surface area contributed by atoms with Gasteiger partial charge in [0.05, 0.1) is 102 Å². The minimum Gasteiger partial charge on any atom is -0.461 e. The first-order valence-corrected chi connectivity index (χ1v) is 47.1. The molecule has 5 aliphatic heterocycles. The summed E-state index contributed by atoms with van der Waals surface area (Å²) >= 11 is 24.9. The summed E-state index contributed by atoms with van der Waals surface area (Å²) in [4.78, 5) is 46.5. The number of benzene rings is 5. The highest BCUT2D eigenvalue weighted by atomic mass is 35.5. The number of halogens is 12. The molecule has 11 fully saturated rings. The third-order valence-electron chi connectivity index (χ3n) is 26.8. The Labute approximate surface area is 788 Å². The lowest BCUT2D eigenvalue weighted by Gasteiger charge is -2.41. The molecule has 6 aliphatic carbocycles. The number of morpholine rings is 2. The van der Waals surface area contributed by atoms with Crippen LogP contribution in [0.4, 0.5) is 13.2 Å². The fourth-order valence-electron chi connectivity index (χ4n) is 20.5. The van der Waals surface area contributed by atoms with E-state index in [1.807, 2.05) is 36.4 Å². The van der Waals surface area contributed by atoms with Crippen molar-refractivity contribution >= 4 is 137 Å². The van der Waals surface area contributed by atoms with E-state index in [-0.39, 0.29) is 92.4 Å². The maximum Gasteiger partial charge on any atom is 0.416 e. The summed E-state index contributed by atoms with van der Waals surface area (Å²) in [5.74, 6) is 1.56. The maximum absolute atomic E-state index is 13.1. The fraction of sp³-hybridized carbons (Fsp3) is 0.677. The lowest BCUT2D eigenvalue weighted by atomic mass is 9.86. The van der Waals surface area contributed by atoms with Gasteiger partial charge < -0.3 is 37.9 Å². The molecule has 5 heterocycles. The van der Waals surface area contributed by atoms with Gasteiger partial charge in [0.15, 0.2) is 0 Å². The minimum absolute atomic E-state index is 0. The number of ether oxygens (including phenoxy) is 8. The molecule has 11 atom stereocenters. The molecule has 5 aromatic carbocycles. The summed E-state index contributed by atoms with van der Waals surface area (Å²) in [5.41, 5.74) is 2.88. The number of ketones is 2. The van der Waals surface area contributed by atoms with Gasteiger partial charge in [0.2, 0.25) is 0 Å². The van der Waals surface area contributed by atoms with Gasteiger partial charge in [-0.15, -0.1) is 62.0 Å². The highest BCUT2D eigenvalue weighted by Crippen LogP contribution is 2.38. The number of carbonyl (C=O) groups is 3. The summed E-state index contributed by atoms with van der Waals surface area (Å²) in [5, 5.41) is 5.30. The summed E-state index contributed by atoms with van der Waals surface area (Å²) in [7, 11) is 0. The summed E-state index contributed by atoms with van der Waals surface area (Å²) in [6.07, 6.45) is 34.0. The van der Waals surface area contributed by atoms with Crippen molar-refractivity contribution in [1.29, 1.82) is 0 Å². The Morgan fingerprint density at radius 3 is 1.24 bits per heavy atom. The number of hydrogen-bond donors (Lipinski definition) is 0. The van der Waals surface area contributed by atoms with Crippen molar-refractivity contribution in [3.05, 3.63) is 151 Å². The average molecular weight is 1920 g/mol. The molecule has 0 bridgehead atoms. The molecule has 124 heavy (non-hydrogen) atoms. The lowest BCUT2D eigenvalue weighted by Crippen LogP contribution is -2.51. The second kappa shape index (κ2) is 57.5. The van der Waals surface area contributed by atoms with E-state index in [2.05, 4.69) is 67.0 Å². The van der Waals surface area contributed by atoms with Crippen LogP contribution >= 0.6 is 108 Å². The SMILES string of the molecule is CC(=O)OC1CCN([C@@H]2CCCCC2OCCc2cccc3ccccc23)C1.Cl.Cl.Cl.Cl.Cl.Clc1cccc(Cl)c1COC1CCCC[C@H]1N1CCOCC1.FC(F)(F)c1ccccc1CCOC1CCCC[C@H]1N1CCOCC1.O=C1CCN([C@@H]2CCCCC2OCCCC2CCCCC2)C1.O=C1CCN([C@@H]2CCCCC2OCc2c(Cl)cccc2Cl)C1. The number of carbonyl (C=O) groups excluding carboxylic acids is 3. The van der Waals surface area contributed by atoms with Crippen LogP contribution in [0, 0.1) is 5.92 Å². The van der Waals surface area contributed by atoms with Crippen LogP contribution in [0.5, 0.6) is 0 Å². The minimum atomic E-state index is -4.31. The first-order valence-electron chi connectivity index (χ1n) is 45.6. The number of alkyl halides is 3. The third-order valence-corrected chi connectivity index (χ3v) is 28.2. The second-order valence-corrected chi connectivity index (χ2v) is 36.5. The van der Waals surface area contributed by atoms with Crippen LogP contribution in [-0.4, -0.2) is 221 Å². The van der Waals surface area contributed by atoms with Crippen molar-refractivity contribution in [2.75, 3.05) is 112 Å². The molecule has 0 spiro atoms. The van der Waals surface area contributed by atoms with Crippen LogP contribution in [0.3, 0.4) is 0 Å². The quantitative estimate of drug-likeness (QED) is 0.0404. The number of rotatable bonds is 25. The number of likely N-dealkylation sites (tertiary alicyclic amines) is 3. The van der Waals surface area contributed by atoms with Crippen LogP contribution in [-0.2, 0) is 84.5 Å². The van der Waals surface area contributed by atoms with Crippen LogP contribution in [0.25, 0.3) is 10.8 Å². The van der Waals surface area contributed by atoms with Crippen LogP contribution in [0.1, 0.15) is 227 Å². The largest absolute Gasteiger partial charge is 0.461 e. The number of Topliss-reactive ketones (excluding diaryl/α,β-unsaturated/α-hetero) is 2. The summed E-state index contributed by atoms with van der Waals surface area (Å²) in [6.45, 7) is 16.4. The molecule has 11 aliphatic rings. The zero-order chi connectivity index (χ0) is 83.1. The van der Waals surface area contributed by atoms with E-state index in [1.165, 1.54) is 158 Å². The average Bonchev–Trinajstić information content (AvgIpc) is 1.01. The molecule has 6 saturated carbocycles. The molecule has 5 aromatic rings. The molecule has 0 aromatic heterocycles. The van der Waals surface area contributed by atoms with E-state index in [0.29, 0.717) is 125 Å². The van der Waals surface area contributed by atoms with E-state index in [4.69, 9.17) is 84.3 Å². The Morgan fingerprint density at radius 2 is 0.790 bits per heavy atom. The molecule has 698 valence electrons. The van der Waals surface area contributed by atoms with Crippen molar-refractivity contribution in [2.24, 2.45) is 5.92 Å². The Bertz CT molecular complexity index is 3850. The number of fused-ring (bicyclic) bond motifs is 1. The van der Waals surface area contributed by atoms with Crippen molar-refractivity contribution in [1.82, 2.24) is 24.5 Å². The molecule has 6 unspecified atom stereocenters. The highest BCUT2D eigenvalue weighted by Gasteiger charge is 2.41. The van der Waals surface area contributed by atoms with Gasteiger partial charge in [-0.3, -0.25) is 38.9 Å². The molecule has 16 rings (SSSR count). The van der Waals surface area contributed by atoms with Gasteiger partial charge in [-0.05, 0) is 154 Å². The third kappa shape index (κ3) is 33.7. The number of esters is 1. The van der Waals surface area contributed by atoms with E-state index in [0.717, 1.165) is 179 Å². The molecular formula is C96H139Cl9F3N5O11. The van der Waals surface area contributed by atoms with E-state index < -0.39 is 11.7 Å². The van der Waals surface area contributed by atoms with Gasteiger partial charge in [-0.1, -0.05) is 216 Å². The van der Waals surface area contributed by atoms with Gasteiger partial charge in [0.25, 0.3) is 0 Å². The van der Waals surface area contributed by atoms with Gasteiger partial charge in [0, 0.05) is 140 Å². The van der Waals surface area contributed by atoms with Crippen molar-refractivity contribution in [3.63, 3.8) is 0 Å². The Kier molecular flexibility index (Phi) is 50.1. The number of nitrogens with zero attached hydrogens (tertiary/aromatic N) is 5. The Balaban J connectivity index is 0.000000211. The van der Waals surface area contributed by atoms with Gasteiger partial charge >= 0.3 is 12.1 Å². The molecule has 16 nitrogen and oxygen atoms in total. The Morgan fingerprint density at radius 1 is 0.411 bits per heavy atom. The zero-order valence-corrected chi connectivity index (χ0v) is 79.8. The predicted molar refractivity (Wildman–Crippen MR) is 504 cm³/mol. The standard InChI is InChI=1S/C24H31NO3.C19H26F3NO2.C19H33NO2.C17H23Cl2NO2.C17H21Cl2NO2.5ClH/c1-18(26)28-21-13-15-25(17-21)23-11-4-5-12-24(23)27-16-14-20-9-6-8-19-7-2-3-10-22(19)20;20-19(21,22)16-6-2-1-5-15(16)9-12-25-18-8-4-3-7-17(18)23-10-13-24-14-11-23;21-17-12-13-20(15-17)18-10-4-5-11-19(18)22-14-6-9-16-7-2-1-3-8-16;18-14-4-3-5-15(19)13(14)12-22-17-7-2-1-6-16(17)20-8-10-21-11-9-20;18-14-4-3-5-15(19)13(14)11-22-17-7-2-1-6-16(17)20-9-8-12(21)10-20;;;;;/h2-3,6-10,21,23-24H,4-5,11-17H2,1H3;1-2,5-6,17-18H,3-4,7-14H2;16,18-19H,1-15H2;3-5,16-17H,1-2,6-12H2;3-5,16-17H,1-2,6-11H2;5*1H/t21?,23-,24?;17-,18?;18-,19?;2*16-,17?;;;;;/m11111...../s1. The summed E-state index contributed by atoms with van der Waals surface area (Å²) in [6, 6.07) is 34.2. The fourth-order valence-corrected chi connectivity index (χ4v) is 21.5. The lowest BCUT2D eigenvalue weighted by molar-refractivity contribution is -0.146. The van der Waals surface area contributed by atoms with Gasteiger partial charge in [-0.2, -0.15) is 13.2 Å². The molecule has 28 heteroatoms. The smallest absolute Gasteiger partial charge is 0.416 e. The van der Waals surface area contributed by atoms with Crippen molar-refractivity contribution in [2.45, 2.75) is 299 Å². The Hall–Kier alpha value is -2.91.